The van der Waals surface area contributed by atoms with E-state index in [0.29, 0.717) is 6.42 Å². The second-order valence-corrected chi connectivity index (χ2v) is 13.8. The van der Waals surface area contributed by atoms with Crippen LogP contribution in [0.1, 0.15) is 104 Å². The monoisotopic (exact) mass is 855 g/mol. The molecule has 19 N–H and O–H groups in total. The number of carboxylic acids is 2. The molecule has 0 fully saturated rings. The quantitative estimate of drug-likeness (QED) is 0.0173. The van der Waals surface area contributed by atoms with Crippen LogP contribution in [0.5, 0.6) is 0 Å². The molecular formula is C35H61N13O12. The molecule has 8 amide bonds. The Hall–Kier alpha value is -6.56. The Morgan fingerprint density at radius 3 is 1.27 bits per heavy atom. The number of nitrogens with two attached hydrogens (primary N) is 5. The number of nitrogens with zero attached hydrogens (tertiary/aromatic N) is 1. The first-order valence-electron chi connectivity index (χ1n) is 19.3. The van der Waals surface area contributed by atoms with Crippen molar-refractivity contribution in [1.29, 1.82) is 5.41 Å². The van der Waals surface area contributed by atoms with Crippen LogP contribution < -0.4 is 60.6 Å². The van der Waals surface area contributed by atoms with Crippen molar-refractivity contribution in [2.45, 2.75) is 140 Å². The number of amides is 8. The average Bonchev–Trinajstić information content (AvgIpc) is 3.14. The van der Waals surface area contributed by atoms with Crippen LogP contribution in [0.15, 0.2) is 4.99 Å². The van der Waals surface area contributed by atoms with Crippen molar-refractivity contribution in [1.82, 2.24) is 31.9 Å². The summed E-state index contributed by atoms with van der Waals surface area (Å²) in [5.74, 6) is -10.1. The molecule has 0 aromatic rings. The zero-order valence-corrected chi connectivity index (χ0v) is 33.9. The van der Waals surface area contributed by atoms with Gasteiger partial charge >= 0.3 is 11.9 Å². The van der Waals surface area contributed by atoms with Gasteiger partial charge < -0.3 is 70.8 Å². The Bertz CT molecular complexity index is 1570. The Morgan fingerprint density at radius 1 is 0.517 bits per heavy atom. The minimum absolute atomic E-state index is 0.0299. The summed E-state index contributed by atoms with van der Waals surface area (Å²) in [5.41, 5.74) is 26.9. The lowest BCUT2D eigenvalue weighted by atomic mass is 10.0. The van der Waals surface area contributed by atoms with E-state index in [1.807, 2.05) is 0 Å². The summed E-state index contributed by atoms with van der Waals surface area (Å²) >= 11 is 0. The predicted octanol–water partition coefficient (Wildman–Crippen LogP) is -4.25. The van der Waals surface area contributed by atoms with Gasteiger partial charge in [0.25, 0.3) is 0 Å². The first-order valence-corrected chi connectivity index (χ1v) is 19.3. The Morgan fingerprint density at radius 2 is 0.900 bits per heavy atom. The van der Waals surface area contributed by atoms with Crippen LogP contribution in [-0.4, -0.2) is 124 Å². The van der Waals surface area contributed by atoms with Gasteiger partial charge in [0.1, 0.15) is 36.3 Å². The number of aliphatic imine (C=N–C) groups is 1. The normalized spacial score (nSPS) is 13.6. The maximum atomic E-state index is 13.8. The van der Waals surface area contributed by atoms with Crippen molar-refractivity contribution < 1.29 is 58.2 Å². The van der Waals surface area contributed by atoms with Crippen LogP contribution in [0.25, 0.3) is 0 Å². The standard InChI is InChI=1S/C35H61N13O12/c1-3-7-20(45-34(60)24(13-16-28(53)54)48-32(58)22(43-18(2)49)12-15-27(51)52)30(56)47-23(11-14-26(38)50)33(59)46-21(8-4-5-10-25(36)37)31(57)44-19(29(39)55)9-6-17-42-35(40)41/h19-24H,3-17H2,1-2H3,(H3,36,37)(H2,38,50)(H2,39,55)(H,43,49)(H,44,57)(H,45,60)(H,46,59)(H,47,56)(H,48,58)(H,51,52)(H,53,54)(H4,40,41,42). The van der Waals surface area contributed by atoms with E-state index in [1.54, 1.807) is 6.92 Å². The molecule has 6 atom stereocenters. The molecule has 0 saturated carbocycles. The summed E-state index contributed by atoms with van der Waals surface area (Å²) in [4.78, 5) is 130. The van der Waals surface area contributed by atoms with Crippen molar-refractivity contribution in [2.24, 2.45) is 33.7 Å². The van der Waals surface area contributed by atoms with Crippen LogP contribution in [0, 0.1) is 5.41 Å². The average molecular weight is 856 g/mol. The molecule has 0 radical (unpaired) electrons. The van der Waals surface area contributed by atoms with E-state index in [2.05, 4.69) is 36.9 Å². The molecule has 0 heterocycles. The zero-order valence-electron chi connectivity index (χ0n) is 33.9. The highest BCUT2D eigenvalue weighted by Gasteiger charge is 2.33. The highest BCUT2D eigenvalue weighted by Crippen LogP contribution is 2.10. The highest BCUT2D eigenvalue weighted by molar-refractivity contribution is 5.97. The maximum absolute atomic E-state index is 13.8. The van der Waals surface area contributed by atoms with E-state index in [0.717, 1.165) is 6.92 Å². The van der Waals surface area contributed by atoms with Crippen LogP contribution >= 0.6 is 0 Å². The second kappa shape index (κ2) is 28.8. The van der Waals surface area contributed by atoms with Crippen LogP contribution in [0.4, 0.5) is 0 Å². The Balaban J connectivity index is 6.41. The smallest absolute Gasteiger partial charge is 0.303 e. The van der Waals surface area contributed by atoms with Crippen molar-refractivity contribution in [3.63, 3.8) is 0 Å². The van der Waals surface area contributed by atoms with Crippen LogP contribution in [0.2, 0.25) is 0 Å². The van der Waals surface area contributed by atoms with E-state index in [-0.39, 0.29) is 76.1 Å². The van der Waals surface area contributed by atoms with Gasteiger partial charge in [0.05, 0.1) is 5.84 Å². The number of rotatable bonds is 32. The fourth-order valence-electron chi connectivity index (χ4n) is 5.51. The van der Waals surface area contributed by atoms with E-state index >= 15 is 0 Å². The molecule has 0 aliphatic heterocycles. The van der Waals surface area contributed by atoms with E-state index in [9.17, 15) is 53.1 Å². The molecule has 25 nitrogen and oxygen atoms in total. The predicted molar refractivity (Wildman–Crippen MR) is 214 cm³/mol. The van der Waals surface area contributed by atoms with Crippen molar-refractivity contribution in [3.05, 3.63) is 0 Å². The lowest BCUT2D eigenvalue weighted by Crippen LogP contribution is -2.59. The van der Waals surface area contributed by atoms with E-state index < -0.39 is 121 Å². The number of carbonyl (C=O) groups excluding carboxylic acids is 8. The number of unbranched alkanes of at least 4 members (excludes halogenated alkanes) is 1. The largest absolute Gasteiger partial charge is 0.481 e. The first-order chi connectivity index (χ1) is 28.1. The van der Waals surface area contributed by atoms with Gasteiger partial charge in [-0.15, -0.1) is 0 Å². The summed E-state index contributed by atoms with van der Waals surface area (Å²) in [5, 5.41) is 40.3. The van der Waals surface area contributed by atoms with E-state index in [1.165, 1.54) is 0 Å². The number of primary amides is 2. The number of amidine groups is 1. The molecule has 0 bridgehead atoms. The molecule has 0 aliphatic rings. The fraction of sp³-hybridized carbons (Fsp3) is 0.657. The van der Waals surface area contributed by atoms with Gasteiger partial charge in [0.2, 0.25) is 47.3 Å². The lowest BCUT2D eigenvalue weighted by Gasteiger charge is -2.27. The van der Waals surface area contributed by atoms with Crippen molar-refractivity contribution >= 4 is 71.0 Å². The van der Waals surface area contributed by atoms with Crippen molar-refractivity contribution in [2.75, 3.05) is 6.54 Å². The van der Waals surface area contributed by atoms with Gasteiger partial charge in [-0.3, -0.25) is 58.3 Å². The number of hydrogen-bond donors (Lipinski definition) is 14. The molecule has 0 rings (SSSR count). The minimum atomic E-state index is -1.59. The molecule has 338 valence electrons. The number of guanidine groups is 1. The minimum Gasteiger partial charge on any atom is -0.481 e. The van der Waals surface area contributed by atoms with Gasteiger partial charge in [0.15, 0.2) is 5.96 Å². The molecule has 6 unspecified atom stereocenters. The Labute approximate surface area is 346 Å². The number of hydrogen-bond acceptors (Lipinski definition) is 12. The molecule has 0 aromatic carbocycles. The molecule has 0 aromatic heterocycles. The van der Waals surface area contributed by atoms with E-state index in [4.69, 9.17) is 39.2 Å². The molecule has 0 aliphatic carbocycles. The summed E-state index contributed by atoms with van der Waals surface area (Å²) in [6.07, 6.45) is -1.53. The fourth-order valence-corrected chi connectivity index (χ4v) is 5.51. The van der Waals surface area contributed by atoms with Gasteiger partial charge in [0, 0.05) is 39.2 Å². The highest BCUT2D eigenvalue weighted by atomic mass is 16.4. The molecule has 25 heteroatoms. The van der Waals surface area contributed by atoms with Gasteiger partial charge in [-0.1, -0.05) is 19.8 Å². The van der Waals surface area contributed by atoms with Gasteiger partial charge in [-0.2, -0.15) is 0 Å². The van der Waals surface area contributed by atoms with Crippen LogP contribution in [0.3, 0.4) is 0 Å². The van der Waals surface area contributed by atoms with Gasteiger partial charge in [-0.05, 0) is 51.4 Å². The van der Waals surface area contributed by atoms with Crippen molar-refractivity contribution in [3.8, 4) is 0 Å². The maximum Gasteiger partial charge on any atom is 0.303 e. The number of aliphatic carboxylic acids is 2. The third kappa shape index (κ3) is 24.3. The molecule has 0 spiro atoms. The molecule has 60 heavy (non-hydrogen) atoms. The summed E-state index contributed by atoms with van der Waals surface area (Å²) < 4.78 is 0. The second-order valence-electron chi connectivity index (χ2n) is 13.8. The number of nitrogens with one attached hydrogen (secondary N) is 7. The summed E-state index contributed by atoms with van der Waals surface area (Å²) in [6, 6.07) is -8.47. The van der Waals surface area contributed by atoms with Crippen LogP contribution in [-0.2, 0) is 47.9 Å². The zero-order chi connectivity index (χ0) is 45.9. The lowest BCUT2D eigenvalue weighted by molar-refractivity contribution is -0.140. The molecular weight excluding hydrogens is 794 g/mol. The Kier molecular flexibility index (Phi) is 25.6. The summed E-state index contributed by atoms with van der Waals surface area (Å²) in [7, 11) is 0. The topological polar surface area (TPSA) is 450 Å². The number of carbonyl (C=O) groups is 10. The molecule has 0 saturated heterocycles. The third-order valence-corrected chi connectivity index (χ3v) is 8.57. The SMILES string of the molecule is CCCC(NC(=O)C(CCC(=O)O)NC(=O)C(CCC(=O)O)NC(C)=O)C(=O)NC(CCC(N)=O)C(=O)NC(CCCCC(=N)N)C(=O)NC(CCCN=C(N)N)C(N)=O. The third-order valence-electron chi connectivity index (χ3n) is 8.57. The first kappa shape index (κ1) is 53.4. The van der Waals surface area contributed by atoms with Gasteiger partial charge in [-0.25, -0.2) is 0 Å². The number of carboxylic acid groups (broad SMARTS) is 2. The summed E-state index contributed by atoms with van der Waals surface area (Å²) in [6.45, 7) is 2.86.